The van der Waals surface area contributed by atoms with Gasteiger partial charge in [-0.25, -0.2) is 4.79 Å². The number of rotatable bonds is 5. The Morgan fingerprint density at radius 3 is 2.06 bits per heavy atom. The second-order valence-corrected chi connectivity index (χ2v) is 3.02. The fraction of sp³-hybridized carbons (Fsp3) is 0. The summed E-state index contributed by atoms with van der Waals surface area (Å²) in [5, 5.41) is 8.95. The van der Waals surface area contributed by atoms with E-state index in [0.717, 1.165) is 0 Å². The van der Waals surface area contributed by atoms with Gasteiger partial charge in [0.05, 0.1) is 0 Å². The first kappa shape index (κ1) is 13.2. The number of phenolic OH excluding ortho intramolecular Hbond substituents is 1. The van der Waals surface area contributed by atoms with Gasteiger partial charge in [-0.2, -0.15) is 0 Å². The van der Waals surface area contributed by atoms with Gasteiger partial charge in [0.1, 0.15) is 11.5 Å². The maximum Gasteiger partial charge on any atom is 0.388 e. The van der Waals surface area contributed by atoms with Crippen molar-refractivity contribution in [3.8, 4) is 11.5 Å². The fourth-order valence-corrected chi connectivity index (χ4v) is 0.926. The number of hydrogen-bond acceptors (Lipinski definition) is 7. The highest BCUT2D eigenvalue weighted by molar-refractivity contribution is 6.83. The van der Waals surface area contributed by atoms with Crippen molar-refractivity contribution >= 4 is 29.6 Å². The number of Topliss-reactive ketones (excluding diaryl/α,β-unsaturated/α-hetero) is 3. The summed E-state index contributed by atoms with van der Waals surface area (Å²) in [4.78, 5) is 53.6. The van der Waals surface area contributed by atoms with Gasteiger partial charge in [-0.15, -0.1) is 0 Å². The molecule has 0 heterocycles. The largest absolute Gasteiger partial charge is 0.508 e. The van der Waals surface area contributed by atoms with Gasteiger partial charge in [-0.05, 0) is 24.3 Å². The lowest BCUT2D eigenvalue weighted by Gasteiger charge is -2.01. The third-order valence-corrected chi connectivity index (χ3v) is 1.77. The number of carbonyl (C=O) groups is 5. The van der Waals surface area contributed by atoms with Crippen molar-refractivity contribution in [3.05, 3.63) is 24.3 Å². The lowest BCUT2D eigenvalue weighted by atomic mass is 10.2. The van der Waals surface area contributed by atoms with Crippen LogP contribution >= 0.6 is 0 Å². The minimum absolute atomic E-state index is 0.0895. The molecule has 0 radical (unpaired) electrons. The Kier molecular flexibility index (Phi) is 4.03. The molecule has 0 spiro atoms. The number of benzene rings is 1. The van der Waals surface area contributed by atoms with Crippen LogP contribution in [0.15, 0.2) is 24.3 Å². The zero-order chi connectivity index (χ0) is 13.7. The molecular formula is C11H6O7. The van der Waals surface area contributed by atoms with E-state index in [0.29, 0.717) is 0 Å². The standard InChI is InChI=1S/C11H6O7/c12-5-8(14)9(15)10(16)11(17)18-7-3-1-6(13)2-4-7/h1-5,13H. The average molecular weight is 250 g/mol. The molecule has 0 fully saturated rings. The fourth-order valence-electron chi connectivity index (χ4n) is 0.926. The highest BCUT2D eigenvalue weighted by Crippen LogP contribution is 2.15. The summed E-state index contributed by atoms with van der Waals surface area (Å²) in [5.41, 5.74) is 0. The van der Waals surface area contributed by atoms with Crippen LogP contribution in [0.3, 0.4) is 0 Å². The Morgan fingerprint density at radius 2 is 1.56 bits per heavy atom. The first-order chi connectivity index (χ1) is 8.45. The highest BCUT2D eigenvalue weighted by atomic mass is 16.5. The second kappa shape index (κ2) is 5.48. The molecule has 0 saturated heterocycles. The molecular weight excluding hydrogens is 244 g/mol. The van der Waals surface area contributed by atoms with E-state index in [2.05, 4.69) is 4.74 Å². The molecule has 0 aliphatic carbocycles. The number of hydrogen-bond donors (Lipinski definition) is 1. The molecule has 0 saturated carbocycles. The zero-order valence-corrected chi connectivity index (χ0v) is 8.78. The maximum atomic E-state index is 11.1. The monoisotopic (exact) mass is 250 g/mol. The molecule has 0 aromatic heterocycles. The molecule has 7 nitrogen and oxygen atoms in total. The molecule has 1 aromatic rings. The van der Waals surface area contributed by atoms with Crippen molar-refractivity contribution in [2.24, 2.45) is 0 Å². The van der Waals surface area contributed by atoms with Crippen molar-refractivity contribution in [2.45, 2.75) is 0 Å². The van der Waals surface area contributed by atoms with Gasteiger partial charge in [-0.1, -0.05) is 0 Å². The topological polar surface area (TPSA) is 115 Å². The predicted octanol–water partition coefficient (Wildman–Crippen LogP) is -0.796. The molecule has 0 aliphatic heterocycles. The summed E-state index contributed by atoms with van der Waals surface area (Å²) in [5.74, 6) is -6.89. The minimum atomic E-state index is -1.76. The summed E-state index contributed by atoms with van der Waals surface area (Å²) < 4.78 is 4.46. The summed E-state index contributed by atoms with van der Waals surface area (Å²) in [6.45, 7) is 0. The van der Waals surface area contributed by atoms with E-state index in [1.165, 1.54) is 24.3 Å². The highest BCUT2D eigenvalue weighted by Gasteiger charge is 2.30. The van der Waals surface area contributed by atoms with Crippen LogP contribution in [-0.2, 0) is 24.0 Å². The first-order valence-electron chi connectivity index (χ1n) is 4.54. The Bertz CT molecular complexity index is 527. The lowest BCUT2D eigenvalue weighted by Crippen LogP contribution is -2.33. The molecule has 18 heavy (non-hydrogen) atoms. The van der Waals surface area contributed by atoms with Crippen LogP contribution < -0.4 is 4.74 Å². The van der Waals surface area contributed by atoms with Gasteiger partial charge >= 0.3 is 11.8 Å². The third-order valence-electron chi connectivity index (χ3n) is 1.77. The van der Waals surface area contributed by atoms with Crippen LogP contribution in [0.25, 0.3) is 0 Å². The molecule has 0 bridgehead atoms. The third kappa shape index (κ3) is 3.08. The van der Waals surface area contributed by atoms with E-state index in [-0.39, 0.29) is 17.8 Å². The molecule has 7 heteroatoms. The van der Waals surface area contributed by atoms with E-state index in [4.69, 9.17) is 5.11 Å². The van der Waals surface area contributed by atoms with Gasteiger partial charge in [0.2, 0.25) is 0 Å². The lowest BCUT2D eigenvalue weighted by molar-refractivity contribution is -0.154. The van der Waals surface area contributed by atoms with Crippen LogP contribution in [0.2, 0.25) is 0 Å². The van der Waals surface area contributed by atoms with Crippen LogP contribution in [0.1, 0.15) is 0 Å². The van der Waals surface area contributed by atoms with Gasteiger partial charge < -0.3 is 9.84 Å². The average Bonchev–Trinajstić information content (AvgIpc) is 2.38. The number of esters is 1. The van der Waals surface area contributed by atoms with Crippen LogP contribution in [0, 0.1) is 0 Å². The summed E-state index contributed by atoms with van der Waals surface area (Å²) in [6, 6.07) is 4.72. The molecule has 1 N–H and O–H groups in total. The van der Waals surface area contributed by atoms with E-state index < -0.39 is 23.3 Å². The number of aromatic hydroxyl groups is 1. The molecule has 0 atom stereocenters. The number of aldehydes is 1. The zero-order valence-electron chi connectivity index (χ0n) is 8.78. The van der Waals surface area contributed by atoms with Crippen molar-refractivity contribution in [3.63, 3.8) is 0 Å². The van der Waals surface area contributed by atoms with Crippen molar-refractivity contribution in [1.29, 1.82) is 0 Å². The van der Waals surface area contributed by atoms with E-state index in [1.54, 1.807) is 0 Å². The molecule has 0 aliphatic rings. The number of carbonyl (C=O) groups excluding carboxylic acids is 5. The Labute approximate surface area is 100.0 Å². The molecule has 0 unspecified atom stereocenters. The Morgan fingerprint density at radius 1 is 1.00 bits per heavy atom. The van der Waals surface area contributed by atoms with Gasteiger partial charge in [-0.3, -0.25) is 19.2 Å². The molecule has 1 rings (SSSR count). The molecule has 1 aromatic carbocycles. The van der Waals surface area contributed by atoms with Crippen LogP contribution in [-0.4, -0.2) is 34.7 Å². The van der Waals surface area contributed by atoms with E-state index >= 15 is 0 Å². The normalized spacial score (nSPS) is 9.33. The number of ether oxygens (including phenoxy) is 1. The quantitative estimate of drug-likeness (QED) is 0.239. The van der Waals surface area contributed by atoms with Crippen LogP contribution in [0.4, 0.5) is 0 Å². The first-order valence-corrected chi connectivity index (χ1v) is 4.54. The van der Waals surface area contributed by atoms with Gasteiger partial charge in [0.15, 0.2) is 6.29 Å². The number of phenols is 1. The number of ketones is 3. The smallest absolute Gasteiger partial charge is 0.388 e. The second-order valence-electron chi connectivity index (χ2n) is 3.02. The molecule has 92 valence electrons. The SMILES string of the molecule is O=CC(=O)C(=O)C(=O)C(=O)Oc1ccc(O)cc1. The summed E-state index contributed by atoms with van der Waals surface area (Å²) >= 11 is 0. The van der Waals surface area contributed by atoms with Crippen molar-refractivity contribution in [1.82, 2.24) is 0 Å². The summed E-state index contributed by atoms with van der Waals surface area (Å²) in [7, 11) is 0. The van der Waals surface area contributed by atoms with Crippen LogP contribution in [0.5, 0.6) is 11.5 Å². The predicted molar refractivity (Wildman–Crippen MR) is 54.8 cm³/mol. The Balaban J connectivity index is 2.74. The van der Waals surface area contributed by atoms with Crippen molar-refractivity contribution < 1.29 is 33.8 Å². The summed E-state index contributed by atoms with van der Waals surface area (Å²) in [6.07, 6.45) is -0.367. The Hall–Kier alpha value is -2.83. The maximum absolute atomic E-state index is 11.1. The van der Waals surface area contributed by atoms with Gasteiger partial charge in [0.25, 0.3) is 11.6 Å². The van der Waals surface area contributed by atoms with Gasteiger partial charge in [0, 0.05) is 0 Å². The van der Waals surface area contributed by atoms with E-state index in [9.17, 15) is 24.0 Å². The van der Waals surface area contributed by atoms with E-state index in [1.807, 2.05) is 0 Å². The molecule has 0 amide bonds. The minimum Gasteiger partial charge on any atom is -0.508 e. The van der Waals surface area contributed by atoms with Crippen molar-refractivity contribution in [2.75, 3.05) is 0 Å².